The van der Waals surface area contributed by atoms with Crippen LogP contribution in [0.5, 0.6) is 0 Å². The monoisotopic (exact) mass is 312 g/mol. The second kappa shape index (κ2) is 5.39. The van der Waals surface area contributed by atoms with E-state index in [9.17, 15) is 9.59 Å². The lowest BCUT2D eigenvalue weighted by Crippen LogP contribution is -2.44. The van der Waals surface area contributed by atoms with Crippen molar-refractivity contribution >= 4 is 33.6 Å². The van der Waals surface area contributed by atoms with Crippen molar-refractivity contribution in [1.29, 1.82) is 0 Å². The minimum Gasteiger partial charge on any atom is -0.480 e. The molecule has 0 heterocycles. The van der Waals surface area contributed by atoms with E-state index in [-0.39, 0.29) is 5.92 Å². The molecular weight excluding hydrogens is 300 g/mol. The molecule has 1 atom stereocenters. The molecule has 0 aromatic heterocycles. The van der Waals surface area contributed by atoms with Crippen LogP contribution >= 0.6 is 15.9 Å². The van der Waals surface area contributed by atoms with Gasteiger partial charge < -0.3 is 15.7 Å². The van der Waals surface area contributed by atoms with Crippen LogP contribution in [-0.4, -0.2) is 23.1 Å². The highest BCUT2D eigenvalue weighted by Gasteiger charge is 2.37. The third kappa shape index (κ3) is 3.46. The number of aliphatic carboxylic acids is 1. The van der Waals surface area contributed by atoms with Crippen molar-refractivity contribution in [2.45, 2.75) is 18.9 Å². The fourth-order valence-corrected chi connectivity index (χ4v) is 1.92. The first-order valence-corrected chi connectivity index (χ1v) is 6.41. The molecular formula is C12H13BrN2O3. The van der Waals surface area contributed by atoms with Gasteiger partial charge in [0.2, 0.25) is 0 Å². The first kappa shape index (κ1) is 12.9. The zero-order chi connectivity index (χ0) is 13.1. The molecule has 0 radical (unpaired) electrons. The summed E-state index contributed by atoms with van der Waals surface area (Å²) in [6.45, 7) is 0. The van der Waals surface area contributed by atoms with Crippen LogP contribution in [0.15, 0.2) is 28.7 Å². The number of amides is 2. The molecule has 2 amide bonds. The number of anilines is 1. The number of benzene rings is 1. The number of carboxylic acids is 1. The topological polar surface area (TPSA) is 78.4 Å². The van der Waals surface area contributed by atoms with Crippen LogP contribution in [0.2, 0.25) is 0 Å². The molecule has 0 aliphatic heterocycles. The number of nitrogens with one attached hydrogen (secondary N) is 2. The Morgan fingerprint density at radius 2 is 1.89 bits per heavy atom. The molecule has 1 aliphatic rings. The fraction of sp³-hybridized carbons (Fsp3) is 0.333. The molecule has 0 spiro atoms. The quantitative estimate of drug-likeness (QED) is 0.799. The molecule has 1 aromatic carbocycles. The van der Waals surface area contributed by atoms with E-state index in [2.05, 4.69) is 26.6 Å². The standard InChI is InChI=1S/C12H13BrN2O3/c13-8-3-5-9(6-4-8)14-12(18)15-10(11(16)17)7-1-2-7/h3-7,10H,1-2H2,(H,16,17)(H2,14,15,18). The number of hydrogen-bond donors (Lipinski definition) is 3. The van der Waals surface area contributed by atoms with Gasteiger partial charge in [0.05, 0.1) is 0 Å². The van der Waals surface area contributed by atoms with Crippen LogP contribution in [0.25, 0.3) is 0 Å². The maximum absolute atomic E-state index is 11.6. The highest BCUT2D eigenvalue weighted by molar-refractivity contribution is 9.10. The average Bonchev–Trinajstić information content (AvgIpc) is 3.13. The van der Waals surface area contributed by atoms with Crippen molar-refractivity contribution in [2.24, 2.45) is 5.92 Å². The van der Waals surface area contributed by atoms with E-state index in [1.165, 1.54) is 0 Å². The molecule has 6 heteroatoms. The Bertz CT molecular complexity index is 457. The highest BCUT2D eigenvalue weighted by atomic mass is 79.9. The second-order valence-electron chi connectivity index (χ2n) is 4.26. The molecule has 5 nitrogen and oxygen atoms in total. The summed E-state index contributed by atoms with van der Waals surface area (Å²) in [4.78, 5) is 22.6. The highest BCUT2D eigenvalue weighted by Crippen LogP contribution is 2.32. The van der Waals surface area contributed by atoms with E-state index < -0.39 is 18.0 Å². The molecule has 0 bridgehead atoms. The minimum absolute atomic E-state index is 0.0677. The Balaban J connectivity index is 1.91. The van der Waals surface area contributed by atoms with E-state index in [4.69, 9.17) is 5.11 Å². The third-order valence-corrected chi connectivity index (χ3v) is 3.28. The van der Waals surface area contributed by atoms with Gasteiger partial charge >= 0.3 is 12.0 Å². The fourth-order valence-electron chi connectivity index (χ4n) is 1.65. The van der Waals surface area contributed by atoms with Crippen molar-refractivity contribution in [3.05, 3.63) is 28.7 Å². The van der Waals surface area contributed by atoms with E-state index >= 15 is 0 Å². The van der Waals surface area contributed by atoms with Gasteiger partial charge in [0.15, 0.2) is 0 Å². The van der Waals surface area contributed by atoms with Crippen LogP contribution in [0.4, 0.5) is 10.5 Å². The van der Waals surface area contributed by atoms with Crippen LogP contribution in [0.3, 0.4) is 0 Å². The Hall–Kier alpha value is -1.56. The predicted molar refractivity (Wildman–Crippen MR) is 70.4 cm³/mol. The summed E-state index contributed by atoms with van der Waals surface area (Å²) < 4.78 is 0.912. The van der Waals surface area contributed by atoms with Crippen LogP contribution in [0, 0.1) is 5.92 Å². The van der Waals surface area contributed by atoms with Crippen molar-refractivity contribution < 1.29 is 14.7 Å². The van der Waals surface area contributed by atoms with Crippen molar-refractivity contribution in [3.8, 4) is 0 Å². The zero-order valence-electron chi connectivity index (χ0n) is 9.52. The van der Waals surface area contributed by atoms with E-state index in [1.54, 1.807) is 24.3 Å². The number of halogens is 1. The smallest absolute Gasteiger partial charge is 0.326 e. The van der Waals surface area contributed by atoms with Gasteiger partial charge in [-0.25, -0.2) is 9.59 Å². The summed E-state index contributed by atoms with van der Waals surface area (Å²) in [6.07, 6.45) is 1.71. The van der Waals surface area contributed by atoms with Gasteiger partial charge in [-0.2, -0.15) is 0 Å². The SMILES string of the molecule is O=C(Nc1ccc(Br)cc1)NC(C(=O)O)C1CC1. The summed E-state index contributed by atoms with van der Waals surface area (Å²) in [5.41, 5.74) is 0.621. The van der Waals surface area contributed by atoms with Gasteiger partial charge in [0.1, 0.15) is 6.04 Å². The molecule has 1 fully saturated rings. The molecule has 1 aliphatic carbocycles. The molecule has 96 valence electrons. The van der Waals surface area contributed by atoms with Gasteiger partial charge in [-0.1, -0.05) is 15.9 Å². The Morgan fingerprint density at radius 3 is 2.39 bits per heavy atom. The Kier molecular flexibility index (Phi) is 3.86. The first-order valence-electron chi connectivity index (χ1n) is 5.62. The molecule has 18 heavy (non-hydrogen) atoms. The lowest BCUT2D eigenvalue weighted by molar-refractivity contribution is -0.139. The minimum atomic E-state index is -0.983. The van der Waals surface area contributed by atoms with Crippen molar-refractivity contribution in [1.82, 2.24) is 5.32 Å². The van der Waals surface area contributed by atoms with E-state index in [0.717, 1.165) is 17.3 Å². The largest absolute Gasteiger partial charge is 0.480 e. The van der Waals surface area contributed by atoms with Gasteiger partial charge in [0.25, 0.3) is 0 Å². The summed E-state index contributed by atoms with van der Waals surface area (Å²) in [5, 5.41) is 14.1. The first-order chi connectivity index (χ1) is 8.56. The number of carboxylic acid groups (broad SMARTS) is 1. The van der Waals surface area contributed by atoms with E-state index in [0.29, 0.717) is 5.69 Å². The number of carbonyl (C=O) groups is 2. The molecule has 1 unspecified atom stereocenters. The number of carbonyl (C=O) groups excluding carboxylic acids is 1. The summed E-state index contributed by atoms with van der Waals surface area (Å²) in [7, 11) is 0. The average molecular weight is 313 g/mol. The predicted octanol–water partition coefficient (Wildman–Crippen LogP) is 2.43. The Labute approximate surface area is 113 Å². The third-order valence-electron chi connectivity index (χ3n) is 2.75. The lowest BCUT2D eigenvalue weighted by Gasteiger charge is -2.14. The van der Waals surface area contributed by atoms with Gasteiger partial charge in [0, 0.05) is 10.2 Å². The second-order valence-corrected chi connectivity index (χ2v) is 5.17. The van der Waals surface area contributed by atoms with Crippen LogP contribution in [0.1, 0.15) is 12.8 Å². The van der Waals surface area contributed by atoms with Crippen molar-refractivity contribution in [3.63, 3.8) is 0 Å². The lowest BCUT2D eigenvalue weighted by atomic mass is 10.2. The zero-order valence-corrected chi connectivity index (χ0v) is 11.1. The molecule has 0 saturated heterocycles. The van der Waals surface area contributed by atoms with Crippen molar-refractivity contribution in [2.75, 3.05) is 5.32 Å². The Morgan fingerprint density at radius 1 is 1.28 bits per heavy atom. The number of rotatable bonds is 4. The summed E-state index contributed by atoms with van der Waals surface area (Å²) in [5.74, 6) is -0.915. The van der Waals surface area contributed by atoms with Gasteiger partial charge in [-0.15, -0.1) is 0 Å². The molecule has 1 aromatic rings. The maximum atomic E-state index is 11.6. The normalized spacial score (nSPS) is 15.8. The van der Waals surface area contributed by atoms with Gasteiger partial charge in [-0.05, 0) is 43.0 Å². The molecule has 1 saturated carbocycles. The number of urea groups is 1. The molecule has 2 rings (SSSR count). The summed E-state index contributed by atoms with van der Waals surface area (Å²) >= 11 is 3.29. The summed E-state index contributed by atoms with van der Waals surface area (Å²) in [6, 6.07) is 5.78. The van der Waals surface area contributed by atoms with Crippen LogP contribution < -0.4 is 10.6 Å². The molecule has 3 N–H and O–H groups in total. The van der Waals surface area contributed by atoms with Crippen LogP contribution in [-0.2, 0) is 4.79 Å². The van der Waals surface area contributed by atoms with E-state index in [1.807, 2.05) is 0 Å². The number of hydrogen-bond acceptors (Lipinski definition) is 2. The van der Waals surface area contributed by atoms with Gasteiger partial charge in [-0.3, -0.25) is 0 Å². The maximum Gasteiger partial charge on any atom is 0.326 e.